The first-order valence-corrected chi connectivity index (χ1v) is 6.19. The highest BCUT2D eigenvalue weighted by molar-refractivity contribution is 5.96. The van der Waals surface area contributed by atoms with Crippen molar-refractivity contribution < 1.29 is 9.53 Å². The Kier molecular flexibility index (Phi) is 3.05. The molecule has 5 heteroatoms. The van der Waals surface area contributed by atoms with Gasteiger partial charge in [0.25, 0.3) is 5.91 Å². The van der Waals surface area contributed by atoms with E-state index in [0.717, 1.165) is 12.0 Å². The van der Waals surface area contributed by atoms with Crippen molar-refractivity contribution in [3.8, 4) is 11.6 Å². The van der Waals surface area contributed by atoms with E-state index >= 15 is 0 Å². The second-order valence-corrected chi connectivity index (χ2v) is 4.39. The van der Waals surface area contributed by atoms with Crippen LogP contribution in [0.1, 0.15) is 15.9 Å². The highest BCUT2D eigenvalue weighted by Crippen LogP contribution is 2.25. The Balaban J connectivity index is 1.84. The first-order chi connectivity index (χ1) is 9.76. The first-order valence-electron chi connectivity index (χ1n) is 6.19. The van der Waals surface area contributed by atoms with Gasteiger partial charge in [0.05, 0.1) is 6.57 Å². The molecule has 0 spiro atoms. The molecule has 5 nitrogen and oxygen atoms in total. The molecule has 2 heterocycles. The lowest BCUT2D eigenvalue weighted by molar-refractivity contribution is 0.0946. The Morgan fingerprint density at radius 2 is 2.20 bits per heavy atom. The quantitative estimate of drug-likeness (QED) is 0.849. The lowest BCUT2D eigenvalue weighted by Crippen LogP contribution is -2.31. The van der Waals surface area contributed by atoms with E-state index in [1.165, 1.54) is 6.20 Å². The van der Waals surface area contributed by atoms with E-state index in [2.05, 4.69) is 15.1 Å². The number of hydrogen-bond acceptors (Lipinski definition) is 3. The fourth-order valence-corrected chi connectivity index (χ4v) is 2.09. The number of fused-ring (bicyclic) bond motifs is 1. The Hall–Kier alpha value is -2.87. The summed E-state index contributed by atoms with van der Waals surface area (Å²) in [5.41, 5.74) is 2.14. The van der Waals surface area contributed by atoms with Gasteiger partial charge in [0.2, 0.25) is 11.6 Å². The maximum absolute atomic E-state index is 11.6. The van der Waals surface area contributed by atoms with Crippen LogP contribution < -0.4 is 10.1 Å². The van der Waals surface area contributed by atoms with Crippen molar-refractivity contribution >= 4 is 11.6 Å². The van der Waals surface area contributed by atoms with Crippen LogP contribution in [0.15, 0.2) is 36.5 Å². The Morgan fingerprint density at radius 3 is 2.95 bits per heavy atom. The summed E-state index contributed by atoms with van der Waals surface area (Å²) in [5.74, 6) is 1.02. The van der Waals surface area contributed by atoms with Crippen molar-refractivity contribution in [2.45, 2.75) is 6.42 Å². The standard InChI is InChI=1S/C15H11N3O2/c1-16-11-2-5-14(18-9-11)20-12-3-4-13-10(8-12)6-7-17-15(13)19/h2-5,8-9H,6-7H2,(H,17,19). The summed E-state index contributed by atoms with van der Waals surface area (Å²) in [5, 5.41) is 2.80. The molecule has 0 radical (unpaired) electrons. The third-order valence-corrected chi connectivity index (χ3v) is 3.07. The zero-order valence-corrected chi connectivity index (χ0v) is 10.6. The SMILES string of the molecule is [C-]#[N+]c1ccc(Oc2ccc3c(c2)CCNC3=O)nc1. The van der Waals surface area contributed by atoms with Crippen LogP contribution in [-0.4, -0.2) is 17.4 Å². The summed E-state index contributed by atoms with van der Waals surface area (Å²) >= 11 is 0. The molecular weight excluding hydrogens is 254 g/mol. The average Bonchev–Trinajstić information content (AvgIpc) is 2.48. The van der Waals surface area contributed by atoms with Crippen LogP contribution in [0.5, 0.6) is 11.6 Å². The number of rotatable bonds is 2. The smallest absolute Gasteiger partial charge is 0.251 e. The summed E-state index contributed by atoms with van der Waals surface area (Å²) in [6.07, 6.45) is 2.26. The van der Waals surface area contributed by atoms with Crippen LogP contribution >= 0.6 is 0 Å². The molecule has 0 unspecified atom stereocenters. The van der Waals surface area contributed by atoms with Crippen molar-refractivity contribution in [3.63, 3.8) is 0 Å². The second-order valence-electron chi connectivity index (χ2n) is 4.39. The molecular formula is C15H11N3O2. The molecule has 1 N–H and O–H groups in total. The van der Waals surface area contributed by atoms with E-state index in [0.29, 0.717) is 29.4 Å². The van der Waals surface area contributed by atoms with Gasteiger partial charge in [0, 0.05) is 18.3 Å². The van der Waals surface area contributed by atoms with E-state index < -0.39 is 0 Å². The maximum Gasteiger partial charge on any atom is 0.251 e. The van der Waals surface area contributed by atoms with Crippen molar-refractivity contribution in [2.75, 3.05) is 6.54 Å². The molecule has 1 aliphatic heterocycles. The average molecular weight is 265 g/mol. The summed E-state index contributed by atoms with van der Waals surface area (Å²) in [4.78, 5) is 19.0. The van der Waals surface area contributed by atoms with Gasteiger partial charge in [0.15, 0.2) is 0 Å². The number of amides is 1. The van der Waals surface area contributed by atoms with Crippen LogP contribution in [0.2, 0.25) is 0 Å². The molecule has 98 valence electrons. The van der Waals surface area contributed by atoms with Gasteiger partial charge in [-0.05, 0) is 42.3 Å². The topological polar surface area (TPSA) is 55.6 Å². The van der Waals surface area contributed by atoms with Crippen LogP contribution in [0, 0.1) is 6.57 Å². The van der Waals surface area contributed by atoms with Gasteiger partial charge in [-0.15, -0.1) is 0 Å². The Morgan fingerprint density at radius 1 is 1.30 bits per heavy atom. The number of benzene rings is 1. The van der Waals surface area contributed by atoms with E-state index in [1.54, 1.807) is 24.3 Å². The van der Waals surface area contributed by atoms with E-state index in [1.807, 2.05) is 6.07 Å². The van der Waals surface area contributed by atoms with Gasteiger partial charge in [-0.3, -0.25) is 4.79 Å². The second kappa shape index (κ2) is 5.02. The van der Waals surface area contributed by atoms with Gasteiger partial charge in [-0.2, -0.15) is 0 Å². The Labute approximate surface area is 116 Å². The number of pyridine rings is 1. The molecule has 1 amide bonds. The number of nitrogens with one attached hydrogen (secondary N) is 1. The predicted molar refractivity (Wildman–Crippen MR) is 73.1 cm³/mol. The minimum atomic E-state index is -0.0441. The van der Waals surface area contributed by atoms with Crippen LogP contribution in [0.3, 0.4) is 0 Å². The third-order valence-electron chi connectivity index (χ3n) is 3.07. The largest absolute Gasteiger partial charge is 0.439 e. The summed E-state index contributed by atoms with van der Waals surface area (Å²) in [6.45, 7) is 7.51. The molecule has 1 aromatic heterocycles. The minimum Gasteiger partial charge on any atom is -0.439 e. The normalized spacial score (nSPS) is 13.1. The van der Waals surface area contributed by atoms with E-state index in [9.17, 15) is 4.79 Å². The number of hydrogen-bond donors (Lipinski definition) is 1. The fraction of sp³-hybridized carbons (Fsp3) is 0.133. The molecule has 0 saturated carbocycles. The van der Waals surface area contributed by atoms with E-state index in [4.69, 9.17) is 11.3 Å². The van der Waals surface area contributed by atoms with Crippen molar-refractivity contribution in [1.82, 2.24) is 10.3 Å². The van der Waals surface area contributed by atoms with Crippen LogP contribution in [-0.2, 0) is 6.42 Å². The molecule has 0 bridgehead atoms. The summed E-state index contributed by atoms with van der Waals surface area (Å²) in [7, 11) is 0. The lowest BCUT2D eigenvalue weighted by atomic mass is 10.0. The van der Waals surface area contributed by atoms with Crippen molar-refractivity contribution in [3.05, 3.63) is 59.1 Å². The predicted octanol–water partition coefficient (Wildman–Crippen LogP) is 2.71. The highest BCUT2D eigenvalue weighted by Gasteiger charge is 2.16. The van der Waals surface area contributed by atoms with Gasteiger partial charge in [0.1, 0.15) is 5.75 Å². The molecule has 1 aliphatic rings. The molecule has 1 aromatic carbocycles. The zero-order valence-electron chi connectivity index (χ0n) is 10.6. The lowest BCUT2D eigenvalue weighted by Gasteiger charge is -2.17. The molecule has 2 aromatic rings. The third kappa shape index (κ3) is 2.31. The van der Waals surface area contributed by atoms with Crippen molar-refractivity contribution in [2.24, 2.45) is 0 Å². The summed E-state index contributed by atoms with van der Waals surface area (Å²) in [6, 6.07) is 8.67. The highest BCUT2D eigenvalue weighted by atomic mass is 16.5. The molecule has 0 atom stereocenters. The van der Waals surface area contributed by atoms with E-state index in [-0.39, 0.29) is 5.91 Å². The minimum absolute atomic E-state index is 0.0441. The zero-order chi connectivity index (χ0) is 13.9. The molecule has 0 saturated heterocycles. The molecule has 3 rings (SSSR count). The summed E-state index contributed by atoms with van der Waals surface area (Å²) < 4.78 is 5.63. The number of carbonyl (C=O) groups excluding carboxylic acids is 1. The monoisotopic (exact) mass is 265 g/mol. The Bertz CT molecular complexity index is 702. The number of nitrogens with zero attached hydrogens (tertiary/aromatic N) is 2. The van der Waals surface area contributed by atoms with Gasteiger partial charge < -0.3 is 10.1 Å². The molecule has 20 heavy (non-hydrogen) atoms. The van der Waals surface area contributed by atoms with Gasteiger partial charge >= 0.3 is 0 Å². The van der Waals surface area contributed by atoms with Crippen LogP contribution in [0.4, 0.5) is 5.69 Å². The number of aromatic nitrogens is 1. The molecule has 0 aliphatic carbocycles. The van der Waals surface area contributed by atoms with Gasteiger partial charge in [-0.1, -0.05) is 0 Å². The van der Waals surface area contributed by atoms with Gasteiger partial charge in [-0.25, -0.2) is 9.83 Å². The first kappa shape index (κ1) is 12.2. The number of carbonyl (C=O) groups is 1. The van der Waals surface area contributed by atoms with Crippen molar-refractivity contribution in [1.29, 1.82) is 0 Å². The van der Waals surface area contributed by atoms with Crippen LogP contribution in [0.25, 0.3) is 4.85 Å². The number of ether oxygens (including phenoxy) is 1. The molecule has 0 fully saturated rings. The fourth-order valence-electron chi connectivity index (χ4n) is 2.09. The maximum atomic E-state index is 11.6.